The van der Waals surface area contributed by atoms with Crippen molar-refractivity contribution in [2.75, 3.05) is 0 Å². The zero-order valence-electron chi connectivity index (χ0n) is 16.5. The van der Waals surface area contributed by atoms with Crippen molar-refractivity contribution in [2.24, 2.45) is 0 Å². The van der Waals surface area contributed by atoms with E-state index in [-0.39, 0.29) is 11.1 Å². The fourth-order valence-electron chi connectivity index (χ4n) is 4.66. The van der Waals surface area contributed by atoms with Crippen molar-refractivity contribution in [3.05, 3.63) is 60.7 Å². The summed E-state index contributed by atoms with van der Waals surface area (Å²) in [5, 5.41) is 13.9. The molecule has 0 bridgehead atoms. The summed E-state index contributed by atoms with van der Waals surface area (Å²) < 4.78 is 0. The molecule has 2 rings (SSSR count). The van der Waals surface area contributed by atoms with Gasteiger partial charge in [-0.15, -0.1) is 0 Å². The molecule has 2 heteroatoms. The van der Waals surface area contributed by atoms with E-state index in [2.05, 4.69) is 88.4 Å². The predicted octanol–water partition coefficient (Wildman–Crippen LogP) is 4.99. The monoisotopic (exact) mass is 354 g/mol. The highest BCUT2D eigenvalue weighted by Gasteiger charge is 2.53. The lowest BCUT2D eigenvalue weighted by atomic mass is 10.1. The quantitative estimate of drug-likeness (QED) is 0.694. The Morgan fingerprint density at radius 3 is 1.64 bits per heavy atom. The summed E-state index contributed by atoms with van der Waals surface area (Å²) in [5.41, 5.74) is 0.303. The number of aliphatic hydroxyl groups is 1. The molecule has 2 aromatic carbocycles. The number of aliphatic hydroxyl groups excluding tert-OH is 1. The van der Waals surface area contributed by atoms with Crippen molar-refractivity contribution >= 4 is 18.4 Å². The Morgan fingerprint density at radius 1 is 0.880 bits per heavy atom. The Hall–Kier alpha value is -1.38. The van der Waals surface area contributed by atoms with E-state index >= 15 is 0 Å². The molecule has 0 fully saturated rings. The summed E-state index contributed by atoms with van der Waals surface area (Å²) in [7, 11) is -2.23. The highest BCUT2D eigenvalue weighted by molar-refractivity contribution is 7.05. The molecule has 0 aliphatic heterocycles. The van der Waals surface area contributed by atoms with E-state index in [0.717, 1.165) is 6.42 Å². The molecule has 1 N–H and O–H groups in total. The van der Waals surface area contributed by atoms with E-state index in [0.29, 0.717) is 5.54 Å². The first kappa shape index (κ1) is 19.9. The maximum atomic E-state index is 10.9. The van der Waals surface area contributed by atoms with Gasteiger partial charge in [0.1, 0.15) is 8.07 Å². The molecule has 0 radical (unpaired) electrons. The summed E-state index contributed by atoms with van der Waals surface area (Å²) in [6.07, 6.45) is 3.11. The topological polar surface area (TPSA) is 20.2 Å². The van der Waals surface area contributed by atoms with Crippen molar-refractivity contribution in [1.29, 1.82) is 0 Å². The normalized spacial score (nSPS) is 15.0. The minimum absolute atomic E-state index is 0.102. The molecule has 1 nitrogen and oxygen atoms in total. The number of hydrogen-bond donors (Lipinski definition) is 1. The van der Waals surface area contributed by atoms with Crippen LogP contribution in [0, 0.1) is 0 Å². The van der Waals surface area contributed by atoms with Crippen LogP contribution in [0.3, 0.4) is 0 Å². The van der Waals surface area contributed by atoms with Gasteiger partial charge in [0.2, 0.25) is 0 Å². The fraction of sp³-hybridized carbons (Fsp3) is 0.478. The van der Waals surface area contributed by atoms with Gasteiger partial charge in [-0.25, -0.2) is 0 Å². The minimum atomic E-state index is -2.23. The van der Waals surface area contributed by atoms with Crippen LogP contribution in [-0.4, -0.2) is 19.3 Å². The van der Waals surface area contributed by atoms with Gasteiger partial charge >= 0.3 is 0 Å². The van der Waals surface area contributed by atoms with Crippen LogP contribution in [0.15, 0.2) is 60.7 Å². The SMILES string of the molecule is CCCC[C@H]([C@H](C)O)[Si](c1ccccc1)(c1ccccc1)C(C)(C)C. The van der Waals surface area contributed by atoms with Gasteiger partial charge in [-0.1, -0.05) is 112 Å². The van der Waals surface area contributed by atoms with Crippen LogP contribution in [0.4, 0.5) is 0 Å². The zero-order chi connectivity index (χ0) is 18.5. The second-order valence-electron chi connectivity index (χ2n) is 8.28. The van der Waals surface area contributed by atoms with Gasteiger partial charge in [-0.3, -0.25) is 0 Å². The van der Waals surface area contributed by atoms with Crippen molar-refractivity contribution in [3.8, 4) is 0 Å². The van der Waals surface area contributed by atoms with E-state index < -0.39 is 8.07 Å². The van der Waals surface area contributed by atoms with Gasteiger partial charge in [-0.05, 0) is 23.9 Å². The second kappa shape index (κ2) is 8.33. The van der Waals surface area contributed by atoms with E-state index in [4.69, 9.17) is 0 Å². The Bertz CT molecular complexity index is 589. The van der Waals surface area contributed by atoms with Gasteiger partial charge in [0.05, 0.1) is 6.10 Å². The molecule has 0 saturated heterocycles. The van der Waals surface area contributed by atoms with Gasteiger partial charge < -0.3 is 5.11 Å². The third-order valence-corrected chi connectivity index (χ3v) is 12.4. The number of hydrogen-bond acceptors (Lipinski definition) is 1. The third kappa shape index (κ3) is 3.90. The average molecular weight is 355 g/mol. The fourth-order valence-corrected chi connectivity index (χ4v) is 11.5. The minimum Gasteiger partial charge on any atom is -0.393 e. The van der Waals surface area contributed by atoms with Gasteiger partial charge in [-0.2, -0.15) is 0 Å². The molecule has 0 aliphatic rings. The highest BCUT2D eigenvalue weighted by Crippen LogP contribution is 2.46. The van der Waals surface area contributed by atoms with E-state index in [1.807, 2.05) is 6.92 Å². The van der Waals surface area contributed by atoms with Crippen molar-refractivity contribution in [3.63, 3.8) is 0 Å². The number of benzene rings is 2. The maximum Gasteiger partial charge on any atom is 0.128 e. The smallest absolute Gasteiger partial charge is 0.128 e. The summed E-state index contributed by atoms with van der Waals surface area (Å²) in [5.74, 6) is 0. The molecule has 25 heavy (non-hydrogen) atoms. The van der Waals surface area contributed by atoms with Crippen molar-refractivity contribution in [2.45, 2.75) is 70.6 Å². The largest absolute Gasteiger partial charge is 0.393 e. The second-order valence-corrected chi connectivity index (χ2v) is 13.3. The molecular formula is C23H34OSi. The first-order valence-corrected chi connectivity index (χ1v) is 11.7. The summed E-state index contributed by atoms with van der Waals surface area (Å²) in [4.78, 5) is 0. The molecule has 0 amide bonds. The molecule has 0 unspecified atom stereocenters. The van der Waals surface area contributed by atoms with Crippen molar-refractivity contribution in [1.82, 2.24) is 0 Å². The Labute approximate surface area is 155 Å². The molecule has 0 aliphatic carbocycles. The summed E-state index contributed by atoms with van der Waals surface area (Å²) >= 11 is 0. The van der Waals surface area contributed by atoms with E-state index in [1.54, 1.807) is 0 Å². The number of rotatable bonds is 7. The lowest BCUT2D eigenvalue weighted by molar-refractivity contribution is 0.176. The third-order valence-electron chi connectivity index (χ3n) is 5.65. The highest BCUT2D eigenvalue weighted by atomic mass is 28.3. The lowest BCUT2D eigenvalue weighted by Crippen LogP contribution is -2.68. The van der Waals surface area contributed by atoms with Crippen LogP contribution < -0.4 is 10.4 Å². The molecule has 0 saturated carbocycles. The van der Waals surface area contributed by atoms with Gasteiger partial charge in [0.15, 0.2) is 0 Å². The van der Waals surface area contributed by atoms with Crippen LogP contribution >= 0.6 is 0 Å². The van der Waals surface area contributed by atoms with E-state index in [9.17, 15) is 5.11 Å². The molecular weight excluding hydrogens is 320 g/mol. The van der Waals surface area contributed by atoms with Crippen LogP contribution in [-0.2, 0) is 0 Å². The van der Waals surface area contributed by atoms with Crippen LogP contribution in [0.25, 0.3) is 0 Å². The maximum absolute atomic E-state index is 10.9. The molecule has 0 heterocycles. The summed E-state index contributed by atoms with van der Waals surface area (Å²) in [6, 6.07) is 22.0. The molecule has 0 aromatic heterocycles. The first-order chi connectivity index (χ1) is 11.9. The first-order valence-electron chi connectivity index (χ1n) is 9.64. The van der Waals surface area contributed by atoms with Gasteiger partial charge in [0.25, 0.3) is 0 Å². The van der Waals surface area contributed by atoms with Crippen LogP contribution in [0.2, 0.25) is 10.6 Å². The van der Waals surface area contributed by atoms with Crippen LogP contribution in [0.5, 0.6) is 0 Å². The number of unbranched alkanes of at least 4 members (excludes halogenated alkanes) is 1. The van der Waals surface area contributed by atoms with Gasteiger partial charge in [0, 0.05) is 0 Å². The molecule has 136 valence electrons. The molecule has 0 spiro atoms. The standard InChI is InChI=1S/C23H34OSi/c1-6-7-18-22(19(2)24)25(23(3,4)5,20-14-10-8-11-15-20)21-16-12-9-13-17-21/h8-17,19,22,24H,6-7,18H2,1-5H3/t19-,22+/m0/s1. The predicted molar refractivity (Wildman–Crippen MR) is 113 cm³/mol. The van der Waals surface area contributed by atoms with Crippen molar-refractivity contribution < 1.29 is 5.11 Å². The van der Waals surface area contributed by atoms with E-state index in [1.165, 1.54) is 23.2 Å². The molecule has 2 aromatic rings. The Morgan fingerprint density at radius 2 is 1.32 bits per heavy atom. The lowest BCUT2D eigenvalue weighted by Gasteiger charge is -2.50. The van der Waals surface area contributed by atoms with Crippen LogP contribution in [0.1, 0.15) is 53.9 Å². The Kier molecular flexibility index (Phi) is 6.64. The summed E-state index contributed by atoms with van der Waals surface area (Å²) in [6.45, 7) is 11.4. The zero-order valence-corrected chi connectivity index (χ0v) is 17.5. The average Bonchev–Trinajstić information content (AvgIpc) is 2.58. The Balaban J connectivity index is 2.80. The molecule has 2 atom stereocenters.